The van der Waals surface area contributed by atoms with Crippen molar-refractivity contribution in [2.45, 2.75) is 79.3 Å². The van der Waals surface area contributed by atoms with E-state index in [1.165, 1.54) is 0 Å². The van der Waals surface area contributed by atoms with E-state index in [0.29, 0.717) is 17.7 Å². The van der Waals surface area contributed by atoms with Gasteiger partial charge < -0.3 is 10.5 Å². The number of hydrogen-bond donors (Lipinski definition) is 1. The van der Waals surface area contributed by atoms with Crippen LogP contribution in [0.15, 0.2) is 22.1 Å². The van der Waals surface area contributed by atoms with E-state index in [-0.39, 0.29) is 17.0 Å². The van der Waals surface area contributed by atoms with Crippen LogP contribution in [0, 0.1) is 6.92 Å². The quantitative estimate of drug-likeness (QED) is 0.606. The Hall–Kier alpha value is -2.64. The molecule has 2 heterocycles. The first kappa shape index (κ1) is 22.6. The van der Waals surface area contributed by atoms with Crippen LogP contribution in [0.3, 0.4) is 0 Å². The summed E-state index contributed by atoms with van der Waals surface area (Å²) in [6, 6.07) is 3.95. The first-order chi connectivity index (χ1) is 13.2. The normalized spacial score (nSPS) is 15.0. The van der Waals surface area contributed by atoms with Gasteiger partial charge in [-0.25, -0.2) is 9.67 Å². The summed E-state index contributed by atoms with van der Waals surface area (Å²) < 4.78 is 8.69. The zero-order valence-corrected chi connectivity index (χ0v) is 19.4. The molecule has 8 nitrogen and oxygen atoms in total. The molecule has 1 atom stereocenters. The number of aromatic nitrogens is 4. The highest BCUT2D eigenvalue weighted by Crippen LogP contribution is 2.25. The Balaban J connectivity index is 2.55. The molecule has 0 aliphatic carbocycles. The van der Waals surface area contributed by atoms with Crippen LogP contribution in [-0.4, -0.2) is 38.5 Å². The highest BCUT2D eigenvalue weighted by Gasteiger charge is 2.23. The number of methoxy groups -OCH3 is 1. The second kappa shape index (κ2) is 8.00. The van der Waals surface area contributed by atoms with Gasteiger partial charge in [0, 0.05) is 29.5 Å². The second-order valence-corrected chi connectivity index (χ2v) is 9.38. The molecule has 160 valence electrons. The van der Waals surface area contributed by atoms with Gasteiger partial charge >= 0.3 is 0 Å². The van der Waals surface area contributed by atoms with Crippen LogP contribution in [0.4, 0.5) is 5.82 Å². The van der Waals surface area contributed by atoms with E-state index in [0.717, 1.165) is 17.1 Å². The number of hydrogen-bond acceptors (Lipinski definition) is 5. The summed E-state index contributed by atoms with van der Waals surface area (Å²) in [6.45, 7) is 18.4. The molecular formula is C21H35N7O. The van der Waals surface area contributed by atoms with Gasteiger partial charge in [-0.1, -0.05) is 41.5 Å². The van der Waals surface area contributed by atoms with E-state index in [4.69, 9.17) is 20.6 Å². The maximum absolute atomic E-state index is 6.25. The predicted octanol–water partition coefficient (Wildman–Crippen LogP) is 4.05. The molecule has 0 radical (unpaired) electrons. The number of nitrogen functional groups attached to an aromatic ring is 1. The minimum atomic E-state index is -0.295. The van der Waals surface area contributed by atoms with Gasteiger partial charge in [0.25, 0.3) is 5.96 Å². The number of nitrogens with zero attached hydrogens (tertiary/aromatic N) is 6. The van der Waals surface area contributed by atoms with Crippen LogP contribution in [0.2, 0.25) is 0 Å². The van der Waals surface area contributed by atoms with Crippen LogP contribution < -0.4 is 5.73 Å². The maximum atomic E-state index is 6.25. The highest BCUT2D eigenvalue weighted by molar-refractivity contribution is 5.94. The second-order valence-electron chi connectivity index (χ2n) is 9.38. The van der Waals surface area contributed by atoms with E-state index in [1.807, 2.05) is 24.6 Å². The average Bonchev–Trinajstić information content (AvgIpc) is 3.16. The number of aryl methyl sites for hydroxylation is 1. The molecule has 0 aliphatic rings. The molecule has 0 bridgehead atoms. The predicted molar refractivity (Wildman–Crippen MR) is 119 cm³/mol. The molecule has 2 N–H and O–H groups in total. The maximum Gasteiger partial charge on any atom is 0.252 e. The lowest BCUT2D eigenvalue weighted by molar-refractivity contribution is 0.400. The monoisotopic (exact) mass is 401 g/mol. The molecule has 0 amide bonds. The van der Waals surface area contributed by atoms with Gasteiger partial charge in [0.2, 0.25) is 0 Å². The third-order valence-electron chi connectivity index (χ3n) is 4.59. The fourth-order valence-electron chi connectivity index (χ4n) is 2.69. The van der Waals surface area contributed by atoms with Crippen molar-refractivity contribution in [2.75, 3.05) is 12.8 Å². The third kappa shape index (κ3) is 5.25. The molecule has 0 aliphatic heterocycles. The molecule has 2 aromatic rings. The lowest BCUT2D eigenvalue weighted by atomic mass is 9.92. The number of nitrogens with two attached hydrogens (primary N) is 1. The van der Waals surface area contributed by atoms with Gasteiger partial charge in [-0.05, 0) is 19.9 Å². The van der Waals surface area contributed by atoms with Gasteiger partial charge in [0.05, 0.1) is 18.5 Å². The van der Waals surface area contributed by atoms with Gasteiger partial charge in [-0.3, -0.25) is 0 Å². The van der Waals surface area contributed by atoms with E-state index >= 15 is 0 Å². The number of aliphatic imine (C=N–C) groups is 2. The Kier molecular flexibility index (Phi) is 6.25. The van der Waals surface area contributed by atoms with Gasteiger partial charge in [-0.2, -0.15) is 19.9 Å². The van der Waals surface area contributed by atoms with E-state index in [9.17, 15) is 0 Å². The lowest BCUT2D eigenvalue weighted by Gasteiger charge is -2.16. The zero-order chi connectivity index (χ0) is 22.1. The Morgan fingerprint density at radius 2 is 1.62 bits per heavy atom. The molecule has 29 heavy (non-hydrogen) atoms. The van der Waals surface area contributed by atoms with Crippen LogP contribution in [0.5, 0.6) is 0 Å². The number of rotatable bonds is 2. The molecule has 0 fully saturated rings. The van der Waals surface area contributed by atoms with Crippen molar-refractivity contribution in [3.8, 4) is 0 Å². The SMILES string of the molecule is CO/C(C)=N/C(=N\C(C)n1nc(C(C)(C)C)cc1C)n1nc(C(C)(C)C)cc1N. The minimum absolute atomic E-state index is 0.0406. The summed E-state index contributed by atoms with van der Waals surface area (Å²) in [5, 5.41) is 9.41. The van der Waals surface area contributed by atoms with Crippen molar-refractivity contribution in [3.05, 3.63) is 29.2 Å². The largest absolute Gasteiger partial charge is 0.484 e. The van der Waals surface area contributed by atoms with Gasteiger partial charge in [0.1, 0.15) is 12.0 Å². The molecule has 0 aromatic carbocycles. The zero-order valence-electron chi connectivity index (χ0n) is 19.4. The van der Waals surface area contributed by atoms with Crippen molar-refractivity contribution in [2.24, 2.45) is 9.98 Å². The number of ether oxygens (including phenoxy) is 1. The van der Waals surface area contributed by atoms with Crippen LogP contribution in [0.1, 0.15) is 78.6 Å². The smallest absolute Gasteiger partial charge is 0.252 e. The third-order valence-corrected chi connectivity index (χ3v) is 4.59. The molecule has 2 aromatic heterocycles. The molecule has 2 rings (SSSR count). The first-order valence-electron chi connectivity index (χ1n) is 9.84. The molecule has 8 heteroatoms. The summed E-state index contributed by atoms with van der Waals surface area (Å²) >= 11 is 0. The van der Waals surface area contributed by atoms with Crippen molar-refractivity contribution in [1.82, 2.24) is 19.6 Å². The van der Waals surface area contributed by atoms with E-state index in [2.05, 4.69) is 57.7 Å². The minimum Gasteiger partial charge on any atom is -0.484 e. The lowest BCUT2D eigenvalue weighted by Crippen LogP contribution is -2.20. The Morgan fingerprint density at radius 1 is 1.07 bits per heavy atom. The fourth-order valence-corrected chi connectivity index (χ4v) is 2.69. The molecule has 1 unspecified atom stereocenters. The number of anilines is 1. The van der Waals surface area contributed by atoms with Crippen LogP contribution >= 0.6 is 0 Å². The van der Waals surface area contributed by atoms with Crippen molar-refractivity contribution in [3.63, 3.8) is 0 Å². The van der Waals surface area contributed by atoms with Gasteiger partial charge in [0.15, 0.2) is 5.90 Å². The van der Waals surface area contributed by atoms with Crippen LogP contribution in [0.25, 0.3) is 0 Å². The van der Waals surface area contributed by atoms with Crippen molar-refractivity contribution in [1.29, 1.82) is 0 Å². The van der Waals surface area contributed by atoms with E-state index < -0.39 is 0 Å². The summed E-state index contributed by atoms with van der Waals surface area (Å²) in [5.74, 6) is 1.30. The van der Waals surface area contributed by atoms with E-state index in [1.54, 1.807) is 18.7 Å². The standard InChI is InChI=1S/C21H35N7O/c1-13-11-16(20(4,5)6)25-27(13)14(2)23-19(24-15(3)29-10)28-18(22)12-17(26-28)21(7,8)9/h11-12,14H,22H2,1-10H3/b23-19+,24-15+. The summed E-state index contributed by atoms with van der Waals surface area (Å²) in [7, 11) is 1.57. The van der Waals surface area contributed by atoms with Crippen molar-refractivity contribution >= 4 is 17.7 Å². The first-order valence-corrected chi connectivity index (χ1v) is 9.84. The molecule has 0 saturated heterocycles. The summed E-state index contributed by atoms with van der Waals surface area (Å²) in [4.78, 5) is 9.28. The Morgan fingerprint density at radius 3 is 2.07 bits per heavy atom. The van der Waals surface area contributed by atoms with Gasteiger partial charge in [-0.15, -0.1) is 0 Å². The molecular weight excluding hydrogens is 366 g/mol. The summed E-state index contributed by atoms with van der Waals surface area (Å²) in [6.07, 6.45) is -0.295. The highest BCUT2D eigenvalue weighted by atomic mass is 16.5. The Bertz CT molecular complexity index is 920. The average molecular weight is 402 g/mol. The molecule has 0 spiro atoms. The fraction of sp³-hybridized carbons (Fsp3) is 0.619. The van der Waals surface area contributed by atoms with Crippen LogP contribution in [-0.2, 0) is 15.6 Å². The summed E-state index contributed by atoms with van der Waals surface area (Å²) in [5.41, 5.74) is 8.98. The molecule has 0 saturated carbocycles. The van der Waals surface area contributed by atoms with Crippen molar-refractivity contribution < 1.29 is 4.74 Å². The Labute approximate surface area is 173 Å². The topological polar surface area (TPSA) is 95.6 Å².